The van der Waals surface area contributed by atoms with Crippen LogP contribution >= 0.6 is 0 Å². The molecule has 0 N–H and O–H groups in total. The van der Waals surface area contributed by atoms with Crippen molar-refractivity contribution in [2.45, 2.75) is 38.5 Å². The van der Waals surface area contributed by atoms with Gasteiger partial charge in [-0.2, -0.15) is 0 Å². The van der Waals surface area contributed by atoms with Gasteiger partial charge < -0.3 is 19.3 Å². The molecule has 11 aromatic rings. The Kier molecular flexibility index (Phi) is 8.44. The van der Waals surface area contributed by atoms with E-state index in [0.717, 1.165) is 57.1 Å². The maximum atomic E-state index is 6.58. The molecule has 0 amide bonds. The summed E-state index contributed by atoms with van der Waals surface area (Å²) in [4.78, 5) is 4.74. The quantitative estimate of drug-likeness (QED) is 0.164. The molecule has 2 aliphatic carbocycles. The summed E-state index contributed by atoms with van der Waals surface area (Å²) >= 11 is 0. The van der Waals surface area contributed by atoms with E-state index in [2.05, 4.69) is 256 Å². The first-order chi connectivity index (χ1) is 35.2. The first-order valence-corrected chi connectivity index (χ1v) is 25.1. The van der Waals surface area contributed by atoms with Gasteiger partial charge in [-0.3, -0.25) is 0 Å². The highest BCUT2D eigenvalue weighted by molar-refractivity contribution is 6.23. The second-order valence-corrected chi connectivity index (χ2v) is 20.8. The van der Waals surface area contributed by atoms with E-state index in [1.54, 1.807) is 0 Å². The molecule has 4 nitrogen and oxygen atoms in total. The van der Waals surface area contributed by atoms with Crippen LogP contribution < -0.4 is 19.3 Å². The normalized spacial score (nSPS) is 14.8. The molecule has 4 heteroatoms. The van der Waals surface area contributed by atoms with Crippen LogP contribution in [0.1, 0.15) is 49.9 Å². The SMILES string of the molecule is CC1(C)c2ccccc2-c2ccc(-c3c4ccc(N5c6ccccc6Oc6ccccc65)cc4c(-c4ccc5c(c4)C(C)(C)c4ccccc4-5)c4cc(N5c6ccccc6Oc6ccccc65)ccc34)cc21. The van der Waals surface area contributed by atoms with Gasteiger partial charge in [0.25, 0.3) is 0 Å². The molecular formula is C68H48N2O2. The number of anilines is 6. The van der Waals surface area contributed by atoms with Crippen molar-refractivity contribution in [3.8, 4) is 67.5 Å². The topological polar surface area (TPSA) is 24.9 Å². The zero-order valence-electron chi connectivity index (χ0n) is 40.5. The zero-order valence-corrected chi connectivity index (χ0v) is 40.5. The summed E-state index contributed by atoms with van der Waals surface area (Å²) in [6, 6.07) is 80.1. The average Bonchev–Trinajstić information content (AvgIpc) is 3.79. The molecule has 15 rings (SSSR count). The first kappa shape index (κ1) is 41.0. The van der Waals surface area contributed by atoms with E-state index >= 15 is 0 Å². The van der Waals surface area contributed by atoms with Gasteiger partial charge in [-0.15, -0.1) is 0 Å². The van der Waals surface area contributed by atoms with Crippen LogP contribution in [0.25, 0.3) is 66.1 Å². The van der Waals surface area contributed by atoms with Crippen molar-refractivity contribution in [2.24, 2.45) is 0 Å². The number of fused-ring (bicyclic) bond motifs is 12. The lowest BCUT2D eigenvalue weighted by Crippen LogP contribution is -2.16. The van der Waals surface area contributed by atoms with Gasteiger partial charge in [0.1, 0.15) is 0 Å². The molecule has 0 saturated carbocycles. The van der Waals surface area contributed by atoms with E-state index < -0.39 is 0 Å². The summed E-state index contributed by atoms with van der Waals surface area (Å²) in [5.74, 6) is 3.31. The third-order valence-corrected chi connectivity index (χ3v) is 16.2. The van der Waals surface area contributed by atoms with Gasteiger partial charge in [0.2, 0.25) is 0 Å². The van der Waals surface area contributed by atoms with Gasteiger partial charge >= 0.3 is 0 Å². The average molecular weight is 925 g/mol. The van der Waals surface area contributed by atoms with Crippen LogP contribution in [0.3, 0.4) is 0 Å². The van der Waals surface area contributed by atoms with Crippen molar-refractivity contribution in [3.63, 3.8) is 0 Å². The van der Waals surface area contributed by atoms with Crippen LogP contribution in [-0.2, 0) is 10.8 Å². The highest BCUT2D eigenvalue weighted by Crippen LogP contribution is 2.57. The number of nitrogens with zero attached hydrogens (tertiary/aromatic N) is 2. The number of hydrogen-bond acceptors (Lipinski definition) is 4. The fourth-order valence-electron chi connectivity index (χ4n) is 12.8. The van der Waals surface area contributed by atoms with Crippen molar-refractivity contribution in [1.29, 1.82) is 0 Å². The Morgan fingerprint density at radius 2 is 0.625 bits per heavy atom. The van der Waals surface area contributed by atoms with Crippen molar-refractivity contribution >= 4 is 55.7 Å². The lowest BCUT2D eigenvalue weighted by molar-refractivity contribution is 0.477. The Morgan fingerprint density at radius 3 is 1.03 bits per heavy atom. The molecule has 0 aromatic heterocycles. The predicted molar refractivity (Wildman–Crippen MR) is 297 cm³/mol. The fraction of sp³-hybridized carbons (Fsp3) is 0.0882. The summed E-state index contributed by atoms with van der Waals surface area (Å²) < 4.78 is 13.2. The van der Waals surface area contributed by atoms with Crippen molar-refractivity contribution in [1.82, 2.24) is 0 Å². The van der Waals surface area contributed by atoms with Crippen LogP contribution in [0.5, 0.6) is 23.0 Å². The van der Waals surface area contributed by atoms with Gasteiger partial charge in [0, 0.05) is 22.2 Å². The van der Waals surface area contributed by atoms with Gasteiger partial charge in [-0.25, -0.2) is 0 Å². The Morgan fingerprint density at radius 1 is 0.292 bits per heavy atom. The maximum Gasteiger partial charge on any atom is 0.151 e. The first-order valence-electron chi connectivity index (χ1n) is 25.1. The minimum absolute atomic E-state index is 0.170. The Hall–Kier alpha value is -8.86. The summed E-state index contributed by atoms with van der Waals surface area (Å²) in [5.41, 5.74) is 21.2. The second-order valence-electron chi connectivity index (χ2n) is 20.8. The molecule has 0 radical (unpaired) electrons. The third kappa shape index (κ3) is 5.69. The van der Waals surface area contributed by atoms with Crippen LogP contribution in [0.4, 0.5) is 34.1 Å². The molecule has 0 unspecified atom stereocenters. The highest BCUT2D eigenvalue weighted by atomic mass is 16.5. The van der Waals surface area contributed by atoms with E-state index in [0.29, 0.717) is 0 Å². The van der Waals surface area contributed by atoms with Crippen LogP contribution in [0.15, 0.2) is 218 Å². The third-order valence-electron chi connectivity index (χ3n) is 16.2. The number of benzene rings is 11. The summed E-state index contributed by atoms with van der Waals surface area (Å²) in [5, 5.41) is 4.74. The van der Waals surface area contributed by atoms with Crippen molar-refractivity contribution < 1.29 is 9.47 Å². The fourth-order valence-corrected chi connectivity index (χ4v) is 12.8. The largest absolute Gasteiger partial charge is 0.453 e. The summed E-state index contributed by atoms with van der Waals surface area (Å²) in [7, 11) is 0. The standard InChI is InChI=1S/C68H48N2O2/c1-67(2)53-19-7-5-17-45(53)47-33-29-41(37-55(47)67)65-49-35-31-43(69-57-21-9-13-25-61(57)71-62-26-14-10-22-58(62)69)39-51(49)66(42-30-34-48-46-18-6-8-20-54(46)68(3,4)56(48)38-42)52-40-44(32-36-50(52)65)70-59-23-11-15-27-63(59)72-64-28-16-12-24-60(64)70/h5-40H,1-4H3. The molecule has 0 atom stereocenters. The molecule has 4 aliphatic rings. The van der Waals surface area contributed by atoms with E-state index in [1.165, 1.54) is 88.3 Å². The molecule has 2 aliphatic heterocycles. The van der Waals surface area contributed by atoms with Crippen LogP contribution in [0, 0.1) is 0 Å². The Balaban J connectivity index is 1.07. The molecule has 11 aromatic carbocycles. The molecule has 0 spiro atoms. The molecule has 342 valence electrons. The molecular weight excluding hydrogens is 877 g/mol. The zero-order chi connectivity index (χ0) is 48.0. The van der Waals surface area contributed by atoms with Crippen LogP contribution in [0.2, 0.25) is 0 Å². The minimum Gasteiger partial charge on any atom is -0.453 e. The molecule has 2 heterocycles. The van der Waals surface area contributed by atoms with E-state index in [1.807, 2.05) is 0 Å². The Labute approximate surface area is 419 Å². The van der Waals surface area contributed by atoms with Gasteiger partial charge in [0.15, 0.2) is 23.0 Å². The number of hydrogen-bond donors (Lipinski definition) is 0. The van der Waals surface area contributed by atoms with E-state index in [4.69, 9.17) is 9.47 Å². The molecule has 0 saturated heterocycles. The number of para-hydroxylation sites is 8. The molecule has 0 fully saturated rings. The van der Waals surface area contributed by atoms with E-state index in [-0.39, 0.29) is 10.8 Å². The van der Waals surface area contributed by atoms with Gasteiger partial charge in [-0.05, 0) is 173 Å². The maximum absolute atomic E-state index is 6.58. The van der Waals surface area contributed by atoms with Crippen molar-refractivity contribution in [3.05, 3.63) is 241 Å². The second kappa shape index (κ2) is 14.8. The highest BCUT2D eigenvalue weighted by Gasteiger charge is 2.38. The smallest absolute Gasteiger partial charge is 0.151 e. The lowest BCUT2D eigenvalue weighted by Gasteiger charge is -2.33. The molecule has 72 heavy (non-hydrogen) atoms. The lowest BCUT2D eigenvalue weighted by atomic mass is 9.79. The predicted octanol–water partition coefficient (Wildman–Crippen LogP) is 19.1. The Bertz CT molecular complexity index is 3890. The monoisotopic (exact) mass is 924 g/mol. The minimum atomic E-state index is -0.193. The van der Waals surface area contributed by atoms with Crippen LogP contribution in [-0.4, -0.2) is 0 Å². The van der Waals surface area contributed by atoms with Gasteiger partial charge in [0.05, 0.1) is 22.7 Å². The van der Waals surface area contributed by atoms with Gasteiger partial charge in [-0.1, -0.05) is 161 Å². The summed E-state index contributed by atoms with van der Waals surface area (Å²) in [6.45, 7) is 9.52. The number of rotatable bonds is 4. The van der Waals surface area contributed by atoms with E-state index in [9.17, 15) is 0 Å². The summed E-state index contributed by atoms with van der Waals surface area (Å²) in [6.07, 6.45) is 0. The number of ether oxygens (including phenoxy) is 2. The van der Waals surface area contributed by atoms with Crippen molar-refractivity contribution in [2.75, 3.05) is 9.80 Å². The molecule has 0 bridgehead atoms.